The third-order valence-corrected chi connectivity index (χ3v) is 7.33. The first kappa shape index (κ1) is 29.1. The van der Waals surface area contributed by atoms with Crippen molar-refractivity contribution in [2.24, 2.45) is 0 Å². The molecular weight excluding hydrogens is 627 g/mol. The van der Waals surface area contributed by atoms with Crippen LogP contribution in [0.5, 0.6) is 5.75 Å². The Morgan fingerprint density at radius 2 is 1.82 bits per heavy atom. The van der Waals surface area contributed by atoms with E-state index in [0.717, 1.165) is 35.1 Å². The molecule has 2 heterocycles. The van der Waals surface area contributed by atoms with Crippen LogP contribution in [0.4, 0.5) is 22.4 Å². The Hall–Kier alpha value is -2.93. The number of likely N-dealkylation sites (tertiary alicyclic amines) is 1. The molecule has 1 aliphatic heterocycles. The van der Waals surface area contributed by atoms with Gasteiger partial charge in [-0.15, -0.1) is 0 Å². The molecule has 0 bridgehead atoms. The first-order valence-electron chi connectivity index (χ1n) is 12.5. The number of pyridine rings is 1. The molecule has 6 nitrogen and oxygen atoms in total. The summed E-state index contributed by atoms with van der Waals surface area (Å²) in [5, 5.41) is 6.13. The largest absolute Gasteiger partial charge is 0.461 e. The average Bonchev–Trinajstić information content (AvgIpc) is 2.90. The number of benzene rings is 2. The molecule has 1 fully saturated rings. The summed E-state index contributed by atoms with van der Waals surface area (Å²) in [6.45, 7) is 1.69. The molecule has 1 aliphatic rings. The molecule has 2 amide bonds. The van der Waals surface area contributed by atoms with E-state index in [2.05, 4.69) is 47.8 Å². The van der Waals surface area contributed by atoms with Crippen LogP contribution in [0.25, 0.3) is 0 Å². The van der Waals surface area contributed by atoms with Gasteiger partial charge in [0.25, 0.3) is 0 Å². The van der Waals surface area contributed by atoms with Crippen LogP contribution >= 0.6 is 22.6 Å². The van der Waals surface area contributed by atoms with Gasteiger partial charge in [-0.25, -0.2) is 4.79 Å². The van der Waals surface area contributed by atoms with E-state index in [1.807, 2.05) is 43.4 Å². The zero-order valence-corrected chi connectivity index (χ0v) is 23.4. The van der Waals surface area contributed by atoms with Crippen LogP contribution < -0.4 is 15.4 Å². The second kappa shape index (κ2) is 12.5. The van der Waals surface area contributed by atoms with Gasteiger partial charge in [0.2, 0.25) is 0 Å². The lowest BCUT2D eigenvalue weighted by atomic mass is 9.80. The van der Waals surface area contributed by atoms with E-state index >= 15 is 0 Å². The van der Waals surface area contributed by atoms with Gasteiger partial charge in [-0.05, 0) is 91.0 Å². The van der Waals surface area contributed by atoms with Gasteiger partial charge in [0.1, 0.15) is 11.3 Å². The average molecular weight is 656 g/mol. The molecule has 4 rings (SSSR count). The van der Waals surface area contributed by atoms with E-state index in [0.29, 0.717) is 11.3 Å². The highest BCUT2D eigenvalue weighted by Gasteiger charge is 2.45. The Balaban J connectivity index is 1.78. The first-order chi connectivity index (χ1) is 18.6. The summed E-state index contributed by atoms with van der Waals surface area (Å²) < 4.78 is 58.6. The molecule has 0 saturated carbocycles. The van der Waals surface area contributed by atoms with Crippen LogP contribution in [0.3, 0.4) is 0 Å². The van der Waals surface area contributed by atoms with Crippen LogP contribution in [-0.2, 0) is 12.0 Å². The van der Waals surface area contributed by atoms with E-state index in [4.69, 9.17) is 0 Å². The Labute approximate surface area is 238 Å². The molecule has 2 aromatic carbocycles. The molecule has 1 atom stereocenters. The van der Waals surface area contributed by atoms with Crippen LogP contribution in [-0.4, -0.2) is 54.6 Å². The summed E-state index contributed by atoms with van der Waals surface area (Å²) in [5.41, 5.74) is 0.284. The number of rotatable bonds is 9. The number of ether oxygens (including phenoxy) is 1. The maximum atomic E-state index is 13.8. The number of aromatic nitrogens is 1. The van der Waals surface area contributed by atoms with Gasteiger partial charge in [-0.1, -0.05) is 42.5 Å². The predicted octanol–water partition coefficient (Wildman–Crippen LogP) is 5.80. The molecule has 2 N–H and O–H groups in total. The molecule has 0 spiro atoms. The van der Waals surface area contributed by atoms with Crippen LogP contribution in [0.2, 0.25) is 0 Å². The summed E-state index contributed by atoms with van der Waals surface area (Å²) >= 11 is 2.11. The number of urea groups is 1. The van der Waals surface area contributed by atoms with E-state index in [9.17, 15) is 22.4 Å². The predicted molar refractivity (Wildman–Crippen MR) is 148 cm³/mol. The maximum absolute atomic E-state index is 13.8. The summed E-state index contributed by atoms with van der Waals surface area (Å²) in [5.74, 6) is -0.460. The van der Waals surface area contributed by atoms with Crippen molar-refractivity contribution in [1.82, 2.24) is 20.5 Å². The Kier molecular flexibility index (Phi) is 9.31. The molecule has 0 unspecified atom stereocenters. The number of nitrogens with zero attached hydrogens (tertiary/aromatic N) is 2. The molecule has 11 heteroatoms. The number of carbonyl (C=O) groups excluding carboxylic acids is 1. The highest BCUT2D eigenvalue weighted by Crippen LogP contribution is 2.36. The molecule has 0 radical (unpaired) electrons. The SMILES string of the molecule is CN1CCC(NC(=O)N[C@](Cc2ccccc2)(c2cccc(OC(F)(F)C(F)F)c2)c2ccc(I)cn2)CC1. The minimum Gasteiger partial charge on any atom is -0.428 e. The maximum Gasteiger partial charge on any atom is 0.461 e. The van der Waals surface area contributed by atoms with Gasteiger partial charge in [-0.3, -0.25) is 4.98 Å². The molecule has 3 aromatic rings. The zero-order valence-electron chi connectivity index (χ0n) is 21.2. The fourth-order valence-electron chi connectivity index (χ4n) is 4.65. The van der Waals surface area contributed by atoms with Crippen LogP contribution in [0, 0.1) is 3.57 Å². The fourth-order valence-corrected chi connectivity index (χ4v) is 4.97. The van der Waals surface area contributed by atoms with Gasteiger partial charge < -0.3 is 20.3 Å². The van der Waals surface area contributed by atoms with Crippen molar-refractivity contribution in [2.75, 3.05) is 20.1 Å². The van der Waals surface area contributed by atoms with Gasteiger partial charge in [0.05, 0.1) is 5.69 Å². The summed E-state index contributed by atoms with van der Waals surface area (Å²) in [4.78, 5) is 20.3. The third-order valence-electron chi connectivity index (χ3n) is 6.69. The second-order valence-electron chi connectivity index (χ2n) is 9.60. The zero-order chi connectivity index (χ0) is 28.0. The molecular formula is C28H29F4IN4O2. The number of nitrogens with one attached hydrogen (secondary N) is 2. The molecule has 39 heavy (non-hydrogen) atoms. The number of carbonyl (C=O) groups is 1. The monoisotopic (exact) mass is 656 g/mol. The van der Waals surface area contributed by atoms with Crippen molar-refractivity contribution in [3.63, 3.8) is 0 Å². The topological polar surface area (TPSA) is 66.5 Å². The summed E-state index contributed by atoms with van der Waals surface area (Å²) in [6, 6.07) is 17.9. The molecule has 0 aliphatic carbocycles. The summed E-state index contributed by atoms with van der Waals surface area (Å²) in [7, 11) is 2.02. The minimum atomic E-state index is -4.68. The number of hydrogen-bond acceptors (Lipinski definition) is 4. The quantitative estimate of drug-likeness (QED) is 0.226. The van der Waals surface area contributed by atoms with E-state index in [-0.39, 0.29) is 12.5 Å². The van der Waals surface area contributed by atoms with E-state index in [1.54, 1.807) is 18.3 Å². The number of piperidine rings is 1. The second-order valence-corrected chi connectivity index (χ2v) is 10.8. The Bertz CT molecular complexity index is 1240. The number of hydrogen-bond donors (Lipinski definition) is 2. The van der Waals surface area contributed by atoms with Crippen molar-refractivity contribution in [3.8, 4) is 5.75 Å². The highest BCUT2D eigenvalue weighted by atomic mass is 127. The van der Waals surface area contributed by atoms with Gasteiger partial charge in [-0.2, -0.15) is 17.6 Å². The highest BCUT2D eigenvalue weighted by molar-refractivity contribution is 14.1. The standard InChI is InChI=1S/C28H29F4IN4O2/c1-37-14-12-22(13-15-37)35-26(38)36-27(17-19-6-3-2-4-7-19,24-11-10-21(33)18-34-24)20-8-5-9-23(16-20)39-28(31,32)25(29)30/h2-11,16,18,22,25H,12-15,17H2,1H3,(H2,35,36,38)/t27-/m1/s1. The Morgan fingerprint density at radius 1 is 1.10 bits per heavy atom. The van der Waals surface area contributed by atoms with Crippen LogP contribution in [0.15, 0.2) is 72.9 Å². The van der Waals surface area contributed by atoms with Crippen molar-refractivity contribution in [1.29, 1.82) is 0 Å². The van der Waals surface area contributed by atoms with Gasteiger partial charge in [0.15, 0.2) is 0 Å². The smallest absolute Gasteiger partial charge is 0.428 e. The lowest BCUT2D eigenvalue weighted by Crippen LogP contribution is -2.55. The van der Waals surface area contributed by atoms with Crippen molar-refractivity contribution in [2.45, 2.75) is 43.4 Å². The minimum absolute atomic E-state index is 0.0419. The van der Waals surface area contributed by atoms with E-state index < -0.39 is 29.9 Å². The van der Waals surface area contributed by atoms with Crippen molar-refractivity contribution in [3.05, 3.63) is 93.3 Å². The lowest BCUT2D eigenvalue weighted by Gasteiger charge is -2.37. The summed E-state index contributed by atoms with van der Waals surface area (Å²) in [6.07, 6.45) is -5.28. The number of amides is 2. The Morgan fingerprint density at radius 3 is 2.46 bits per heavy atom. The number of alkyl halides is 4. The molecule has 1 saturated heterocycles. The number of halogens is 5. The first-order valence-corrected chi connectivity index (χ1v) is 13.5. The van der Waals surface area contributed by atoms with Gasteiger partial charge in [0, 0.05) is 22.2 Å². The van der Waals surface area contributed by atoms with Crippen molar-refractivity contribution < 1.29 is 27.1 Å². The fraction of sp³-hybridized carbons (Fsp3) is 0.357. The third kappa shape index (κ3) is 7.38. The van der Waals surface area contributed by atoms with E-state index in [1.165, 1.54) is 18.2 Å². The van der Waals surface area contributed by atoms with Gasteiger partial charge >= 0.3 is 18.6 Å². The lowest BCUT2D eigenvalue weighted by molar-refractivity contribution is -0.253. The normalized spacial score (nSPS) is 16.5. The molecule has 208 valence electrons. The van der Waals surface area contributed by atoms with Crippen molar-refractivity contribution >= 4 is 28.6 Å². The van der Waals surface area contributed by atoms with Crippen LogP contribution in [0.1, 0.15) is 29.7 Å². The molecule has 1 aromatic heterocycles.